The molecule has 0 bridgehead atoms. The number of carboxylic acids is 1. The highest BCUT2D eigenvalue weighted by atomic mass is 35.5. The summed E-state index contributed by atoms with van der Waals surface area (Å²) in [7, 11) is 0. The van der Waals surface area contributed by atoms with Crippen LogP contribution in [-0.2, 0) is 4.79 Å². The Morgan fingerprint density at radius 1 is 1.45 bits per heavy atom. The number of hydrogen-bond donors (Lipinski definition) is 1. The van der Waals surface area contributed by atoms with Crippen LogP contribution in [-0.4, -0.2) is 24.2 Å². The minimum absolute atomic E-state index is 0.572. The number of aliphatic carboxylic acids is 1. The third kappa shape index (κ3) is 4.89. The second kappa shape index (κ2) is 7.95. The van der Waals surface area contributed by atoms with Crippen molar-refractivity contribution in [3.8, 4) is 0 Å². The number of nitrogens with zero attached hydrogens (tertiary/aromatic N) is 1. The molecule has 0 heterocycles. The molecule has 1 rings (SSSR count). The number of carbonyl (C=O) groups is 1. The van der Waals surface area contributed by atoms with Crippen molar-refractivity contribution in [3.05, 3.63) is 34.9 Å². The fourth-order valence-corrected chi connectivity index (χ4v) is 2.17. The van der Waals surface area contributed by atoms with Gasteiger partial charge in [-0.2, -0.15) is 0 Å². The first-order chi connectivity index (χ1) is 9.47. The molecule has 0 saturated carbocycles. The van der Waals surface area contributed by atoms with Crippen LogP contribution in [0.3, 0.4) is 0 Å². The number of halogens is 1. The normalized spacial score (nSPS) is 12.6. The molecule has 0 fully saturated rings. The van der Waals surface area contributed by atoms with Crippen LogP contribution in [0.25, 0.3) is 6.08 Å². The first kappa shape index (κ1) is 16.6. The Balaban J connectivity index is 2.92. The summed E-state index contributed by atoms with van der Waals surface area (Å²) in [5.41, 5.74) is 1.79. The topological polar surface area (TPSA) is 40.5 Å². The molecule has 1 unspecified atom stereocenters. The van der Waals surface area contributed by atoms with Gasteiger partial charge in [0.2, 0.25) is 0 Å². The van der Waals surface area contributed by atoms with E-state index in [0.717, 1.165) is 36.8 Å². The van der Waals surface area contributed by atoms with E-state index in [4.69, 9.17) is 16.7 Å². The first-order valence-corrected chi connectivity index (χ1v) is 7.31. The standard InChI is InChI=1S/C16H22ClNO2/c1-4-12(3)11-18(5-2)14-8-6-13(15(17)10-14)7-9-16(19)20/h6-10,12H,4-5,11H2,1-3H3,(H,19,20)/b9-7+. The van der Waals surface area contributed by atoms with Crippen LogP contribution < -0.4 is 4.90 Å². The average molecular weight is 296 g/mol. The van der Waals surface area contributed by atoms with E-state index in [1.807, 2.05) is 18.2 Å². The van der Waals surface area contributed by atoms with Crippen molar-refractivity contribution in [2.24, 2.45) is 5.92 Å². The predicted molar refractivity (Wildman–Crippen MR) is 85.5 cm³/mol. The van der Waals surface area contributed by atoms with Gasteiger partial charge in [0.25, 0.3) is 0 Å². The lowest BCUT2D eigenvalue weighted by molar-refractivity contribution is -0.131. The SMILES string of the molecule is CCC(C)CN(CC)c1ccc(/C=C/C(=O)O)c(Cl)c1. The number of anilines is 1. The Bertz CT molecular complexity index is 485. The minimum atomic E-state index is -0.975. The summed E-state index contributed by atoms with van der Waals surface area (Å²) in [6.07, 6.45) is 3.75. The molecule has 1 N–H and O–H groups in total. The van der Waals surface area contributed by atoms with Gasteiger partial charge in [0.1, 0.15) is 0 Å². The second-order valence-corrected chi connectivity index (χ2v) is 5.34. The Labute approximate surface area is 125 Å². The van der Waals surface area contributed by atoms with E-state index in [9.17, 15) is 4.79 Å². The zero-order valence-electron chi connectivity index (χ0n) is 12.3. The first-order valence-electron chi connectivity index (χ1n) is 6.93. The van der Waals surface area contributed by atoms with Gasteiger partial charge in [-0.05, 0) is 36.6 Å². The van der Waals surface area contributed by atoms with Crippen molar-refractivity contribution >= 4 is 29.3 Å². The zero-order chi connectivity index (χ0) is 15.1. The van der Waals surface area contributed by atoms with Gasteiger partial charge in [-0.15, -0.1) is 0 Å². The molecule has 3 nitrogen and oxygen atoms in total. The van der Waals surface area contributed by atoms with Crippen LogP contribution in [0.5, 0.6) is 0 Å². The van der Waals surface area contributed by atoms with E-state index in [1.54, 1.807) is 0 Å². The predicted octanol–water partition coefficient (Wildman–Crippen LogP) is 4.31. The monoisotopic (exact) mass is 295 g/mol. The fraction of sp³-hybridized carbons (Fsp3) is 0.438. The highest BCUT2D eigenvalue weighted by Gasteiger charge is 2.09. The van der Waals surface area contributed by atoms with Crippen LogP contribution in [0, 0.1) is 5.92 Å². The van der Waals surface area contributed by atoms with Crippen molar-refractivity contribution in [1.29, 1.82) is 0 Å². The molecule has 0 spiro atoms. The maximum Gasteiger partial charge on any atom is 0.328 e. The van der Waals surface area contributed by atoms with Crippen LogP contribution in [0.15, 0.2) is 24.3 Å². The van der Waals surface area contributed by atoms with Gasteiger partial charge in [0.15, 0.2) is 0 Å². The molecule has 0 aliphatic heterocycles. The van der Waals surface area contributed by atoms with Crippen LogP contribution in [0.2, 0.25) is 5.02 Å². The molecule has 20 heavy (non-hydrogen) atoms. The molecule has 0 radical (unpaired) electrons. The maximum atomic E-state index is 10.5. The Hall–Kier alpha value is -1.48. The molecule has 0 aromatic heterocycles. The number of carboxylic acid groups (broad SMARTS) is 1. The number of rotatable bonds is 7. The highest BCUT2D eigenvalue weighted by molar-refractivity contribution is 6.32. The molecule has 0 amide bonds. The molecular formula is C16H22ClNO2. The quantitative estimate of drug-likeness (QED) is 0.762. The average Bonchev–Trinajstić information content (AvgIpc) is 2.42. The Morgan fingerprint density at radius 3 is 2.65 bits per heavy atom. The van der Waals surface area contributed by atoms with Gasteiger partial charge in [-0.3, -0.25) is 0 Å². The molecule has 0 aliphatic carbocycles. The van der Waals surface area contributed by atoms with Crippen LogP contribution >= 0.6 is 11.6 Å². The third-order valence-electron chi connectivity index (χ3n) is 3.37. The zero-order valence-corrected chi connectivity index (χ0v) is 13.0. The van der Waals surface area contributed by atoms with Gasteiger partial charge in [0, 0.05) is 29.9 Å². The van der Waals surface area contributed by atoms with E-state index in [-0.39, 0.29) is 0 Å². The van der Waals surface area contributed by atoms with Crippen molar-refractivity contribution in [2.45, 2.75) is 27.2 Å². The second-order valence-electron chi connectivity index (χ2n) is 4.93. The molecular weight excluding hydrogens is 274 g/mol. The molecule has 1 atom stereocenters. The third-order valence-corrected chi connectivity index (χ3v) is 3.69. The molecule has 1 aromatic carbocycles. The van der Waals surface area contributed by atoms with Gasteiger partial charge >= 0.3 is 5.97 Å². The van der Waals surface area contributed by atoms with Gasteiger partial charge in [0.05, 0.1) is 0 Å². The maximum absolute atomic E-state index is 10.5. The molecule has 0 aliphatic rings. The Morgan fingerprint density at radius 2 is 2.15 bits per heavy atom. The fourth-order valence-electron chi connectivity index (χ4n) is 1.93. The van der Waals surface area contributed by atoms with Gasteiger partial charge < -0.3 is 10.0 Å². The lowest BCUT2D eigenvalue weighted by Gasteiger charge is -2.26. The number of hydrogen-bond acceptors (Lipinski definition) is 2. The van der Waals surface area contributed by atoms with Crippen molar-refractivity contribution in [2.75, 3.05) is 18.0 Å². The van der Waals surface area contributed by atoms with Crippen molar-refractivity contribution < 1.29 is 9.90 Å². The Kier molecular flexibility index (Phi) is 6.59. The molecule has 1 aromatic rings. The largest absolute Gasteiger partial charge is 0.478 e. The summed E-state index contributed by atoms with van der Waals surface area (Å²) in [4.78, 5) is 12.8. The van der Waals surface area contributed by atoms with Crippen LogP contribution in [0.4, 0.5) is 5.69 Å². The smallest absolute Gasteiger partial charge is 0.328 e. The van der Waals surface area contributed by atoms with E-state index >= 15 is 0 Å². The van der Waals surface area contributed by atoms with E-state index in [1.165, 1.54) is 6.08 Å². The van der Waals surface area contributed by atoms with Crippen molar-refractivity contribution in [3.63, 3.8) is 0 Å². The summed E-state index contributed by atoms with van der Waals surface area (Å²) in [5, 5.41) is 9.21. The summed E-state index contributed by atoms with van der Waals surface area (Å²) in [5.74, 6) is -0.350. The molecule has 0 saturated heterocycles. The van der Waals surface area contributed by atoms with Gasteiger partial charge in [-0.1, -0.05) is 37.9 Å². The summed E-state index contributed by atoms with van der Waals surface area (Å²) >= 11 is 6.21. The molecule has 4 heteroatoms. The summed E-state index contributed by atoms with van der Waals surface area (Å²) in [6, 6.07) is 5.74. The lowest BCUT2D eigenvalue weighted by atomic mass is 10.1. The highest BCUT2D eigenvalue weighted by Crippen LogP contribution is 2.25. The summed E-state index contributed by atoms with van der Waals surface area (Å²) in [6.45, 7) is 8.45. The lowest BCUT2D eigenvalue weighted by Crippen LogP contribution is -2.27. The minimum Gasteiger partial charge on any atom is -0.478 e. The van der Waals surface area contributed by atoms with E-state index in [0.29, 0.717) is 10.9 Å². The number of benzene rings is 1. The van der Waals surface area contributed by atoms with Crippen molar-refractivity contribution in [1.82, 2.24) is 0 Å². The molecule has 110 valence electrons. The van der Waals surface area contributed by atoms with E-state index in [2.05, 4.69) is 25.7 Å². The van der Waals surface area contributed by atoms with Gasteiger partial charge in [-0.25, -0.2) is 4.79 Å². The van der Waals surface area contributed by atoms with Crippen LogP contribution in [0.1, 0.15) is 32.8 Å². The van der Waals surface area contributed by atoms with E-state index < -0.39 is 5.97 Å². The summed E-state index contributed by atoms with van der Waals surface area (Å²) < 4.78 is 0.